The van der Waals surface area contributed by atoms with E-state index in [1.807, 2.05) is 0 Å². The van der Waals surface area contributed by atoms with E-state index in [0.717, 1.165) is 13.1 Å². The van der Waals surface area contributed by atoms with Gasteiger partial charge < -0.3 is 14.8 Å². The van der Waals surface area contributed by atoms with Gasteiger partial charge in [-0.05, 0) is 12.0 Å². The average Bonchev–Trinajstić information content (AvgIpc) is 2.59. The van der Waals surface area contributed by atoms with Crippen LogP contribution in [0.3, 0.4) is 0 Å². The number of hydrogen-bond acceptors (Lipinski definition) is 6. The second kappa shape index (κ2) is 8.32. The molecule has 2 N–H and O–H groups in total. The van der Waals surface area contributed by atoms with Gasteiger partial charge in [0.25, 0.3) is 5.91 Å². The predicted octanol–water partition coefficient (Wildman–Crippen LogP) is 1.31. The van der Waals surface area contributed by atoms with Crippen LogP contribution >= 0.6 is 11.6 Å². The van der Waals surface area contributed by atoms with Crippen molar-refractivity contribution in [3.8, 4) is 5.75 Å². The van der Waals surface area contributed by atoms with Crippen molar-refractivity contribution in [3.63, 3.8) is 0 Å². The number of ether oxygens (including phenoxy) is 2. The molecular weight excluding hydrogens is 394 g/mol. The monoisotopic (exact) mass is 417 g/mol. The van der Waals surface area contributed by atoms with E-state index in [-0.39, 0.29) is 40.8 Å². The number of sulfonamides is 1. The number of amides is 1. The Morgan fingerprint density at radius 1 is 1.41 bits per heavy atom. The van der Waals surface area contributed by atoms with E-state index in [1.54, 1.807) is 0 Å². The zero-order chi connectivity index (χ0) is 19.6. The van der Waals surface area contributed by atoms with Gasteiger partial charge in [-0.1, -0.05) is 25.4 Å². The molecule has 27 heavy (non-hydrogen) atoms. The highest BCUT2D eigenvalue weighted by Gasteiger charge is 2.27. The SMILES string of the molecule is CC(C)CN1CCOC(CNS(=O)(=O)c2cc3c(cc2Cl)NC(=O)CO3)C1. The Kier molecular flexibility index (Phi) is 6.27. The summed E-state index contributed by atoms with van der Waals surface area (Å²) in [7, 11) is -3.85. The fraction of sp³-hybridized carbons (Fsp3) is 0.588. The summed E-state index contributed by atoms with van der Waals surface area (Å²) in [5, 5.41) is 2.61. The molecule has 8 nitrogen and oxygen atoms in total. The Hall–Kier alpha value is -1.39. The van der Waals surface area contributed by atoms with Gasteiger partial charge in [0.15, 0.2) is 6.61 Å². The van der Waals surface area contributed by atoms with Crippen LogP contribution in [0.5, 0.6) is 5.75 Å². The van der Waals surface area contributed by atoms with Crippen molar-refractivity contribution in [1.82, 2.24) is 9.62 Å². The molecule has 1 aromatic rings. The van der Waals surface area contributed by atoms with E-state index >= 15 is 0 Å². The second-order valence-electron chi connectivity index (χ2n) is 7.11. The minimum atomic E-state index is -3.85. The third kappa shape index (κ3) is 5.11. The Morgan fingerprint density at radius 2 is 2.19 bits per heavy atom. The maximum atomic E-state index is 12.7. The molecule has 10 heteroatoms. The highest BCUT2D eigenvalue weighted by atomic mass is 35.5. The number of halogens is 1. The number of nitrogens with one attached hydrogen (secondary N) is 2. The highest BCUT2D eigenvalue weighted by molar-refractivity contribution is 7.89. The van der Waals surface area contributed by atoms with Crippen LogP contribution in [0.25, 0.3) is 0 Å². The molecule has 3 rings (SSSR count). The van der Waals surface area contributed by atoms with Crippen LogP contribution in [0.1, 0.15) is 13.8 Å². The fourth-order valence-corrected chi connectivity index (χ4v) is 4.76. The maximum absolute atomic E-state index is 12.7. The van der Waals surface area contributed by atoms with Gasteiger partial charge in [-0.2, -0.15) is 0 Å². The summed E-state index contributed by atoms with van der Waals surface area (Å²) in [4.78, 5) is 13.5. The van der Waals surface area contributed by atoms with Gasteiger partial charge in [-0.3, -0.25) is 9.69 Å². The molecule has 2 heterocycles. The first-order valence-electron chi connectivity index (χ1n) is 8.84. The number of hydrogen-bond donors (Lipinski definition) is 2. The van der Waals surface area contributed by atoms with Crippen molar-refractivity contribution in [3.05, 3.63) is 17.2 Å². The molecule has 0 radical (unpaired) electrons. The van der Waals surface area contributed by atoms with E-state index in [1.165, 1.54) is 12.1 Å². The van der Waals surface area contributed by atoms with E-state index < -0.39 is 10.0 Å². The number of carbonyl (C=O) groups is 1. The molecule has 0 aliphatic carbocycles. The van der Waals surface area contributed by atoms with Crippen molar-refractivity contribution in [2.75, 3.05) is 44.7 Å². The molecule has 1 aromatic carbocycles. The average molecular weight is 418 g/mol. The van der Waals surface area contributed by atoms with Crippen LogP contribution in [0.4, 0.5) is 5.69 Å². The molecule has 1 fully saturated rings. The summed E-state index contributed by atoms with van der Waals surface area (Å²) in [6.45, 7) is 7.34. The zero-order valence-corrected chi connectivity index (χ0v) is 16.9. The quantitative estimate of drug-likeness (QED) is 0.724. The first-order chi connectivity index (χ1) is 12.7. The molecule has 0 bridgehead atoms. The van der Waals surface area contributed by atoms with E-state index in [4.69, 9.17) is 21.1 Å². The lowest BCUT2D eigenvalue weighted by molar-refractivity contribution is -0.118. The summed E-state index contributed by atoms with van der Waals surface area (Å²) >= 11 is 6.13. The normalized spacial score (nSPS) is 20.9. The van der Waals surface area contributed by atoms with Crippen LogP contribution in [0.2, 0.25) is 5.02 Å². The number of anilines is 1. The summed E-state index contributed by atoms with van der Waals surface area (Å²) in [6.07, 6.45) is -0.223. The molecule has 1 atom stereocenters. The van der Waals surface area contributed by atoms with Crippen molar-refractivity contribution < 1.29 is 22.7 Å². The van der Waals surface area contributed by atoms with E-state index in [0.29, 0.717) is 24.8 Å². The van der Waals surface area contributed by atoms with Crippen LogP contribution in [-0.4, -0.2) is 64.7 Å². The molecule has 2 aliphatic heterocycles. The number of morpholine rings is 1. The van der Waals surface area contributed by atoms with Gasteiger partial charge in [0, 0.05) is 32.2 Å². The summed E-state index contributed by atoms with van der Waals surface area (Å²) in [6, 6.07) is 2.70. The predicted molar refractivity (Wildman–Crippen MR) is 102 cm³/mol. The Morgan fingerprint density at radius 3 is 2.93 bits per heavy atom. The maximum Gasteiger partial charge on any atom is 0.262 e. The number of fused-ring (bicyclic) bond motifs is 1. The van der Waals surface area contributed by atoms with E-state index in [9.17, 15) is 13.2 Å². The molecule has 0 saturated carbocycles. The Bertz CT molecular complexity index is 815. The zero-order valence-electron chi connectivity index (χ0n) is 15.3. The number of carbonyl (C=O) groups excluding carboxylic acids is 1. The van der Waals surface area contributed by atoms with Crippen molar-refractivity contribution in [2.24, 2.45) is 5.92 Å². The Labute approximate surface area is 164 Å². The van der Waals surface area contributed by atoms with Crippen LogP contribution in [0, 0.1) is 5.92 Å². The first kappa shape index (κ1) is 20.3. The first-order valence-corrected chi connectivity index (χ1v) is 10.7. The number of rotatable bonds is 6. The largest absolute Gasteiger partial charge is 0.482 e. The highest BCUT2D eigenvalue weighted by Crippen LogP contribution is 2.35. The van der Waals surface area contributed by atoms with Crippen LogP contribution in [0.15, 0.2) is 17.0 Å². The standard InChI is InChI=1S/C17H24ClN3O5S/c1-11(2)8-21-3-4-25-12(9-21)7-19-27(23,24)16-6-15-14(5-13(16)18)20-17(22)10-26-15/h5-6,11-12,19H,3-4,7-10H2,1-2H3,(H,20,22). The van der Waals surface area contributed by atoms with Crippen molar-refractivity contribution in [2.45, 2.75) is 24.8 Å². The molecule has 1 unspecified atom stereocenters. The summed E-state index contributed by atoms with van der Waals surface area (Å²) in [5.74, 6) is 0.499. The van der Waals surface area contributed by atoms with Gasteiger partial charge in [0.05, 0.1) is 23.4 Å². The topological polar surface area (TPSA) is 97.0 Å². The lowest BCUT2D eigenvalue weighted by Crippen LogP contribution is -2.48. The summed E-state index contributed by atoms with van der Waals surface area (Å²) in [5.41, 5.74) is 0.357. The third-order valence-electron chi connectivity index (χ3n) is 4.30. The number of benzene rings is 1. The molecule has 150 valence electrons. The minimum absolute atomic E-state index is 0.0121. The molecule has 0 spiro atoms. The van der Waals surface area contributed by atoms with Crippen molar-refractivity contribution >= 4 is 33.2 Å². The lowest BCUT2D eigenvalue weighted by Gasteiger charge is -2.33. The van der Waals surface area contributed by atoms with Gasteiger partial charge in [0.2, 0.25) is 10.0 Å². The van der Waals surface area contributed by atoms with Crippen LogP contribution in [-0.2, 0) is 19.6 Å². The lowest BCUT2D eigenvalue weighted by atomic mass is 10.2. The molecule has 0 aromatic heterocycles. The van der Waals surface area contributed by atoms with Gasteiger partial charge in [-0.15, -0.1) is 0 Å². The molecular formula is C17H24ClN3O5S. The van der Waals surface area contributed by atoms with Gasteiger partial charge >= 0.3 is 0 Å². The fourth-order valence-electron chi connectivity index (χ4n) is 3.15. The molecule has 1 amide bonds. The second-order valence-corrected chi connectivity index (χ2v) is 9.26. The molecule has 1 saturated heterocycles. The smallest absolute Gasteiger partial charge is 0.262 e. The van der Waals surface area contributed by atoms with Crippen LogP contribution < -0.4 is 14.8 Å². The third-order valence-corrected chi connectivity index (χ3v) is 6.19. The summed E-state index contributed by atoms with van der Waals surface area (Å²) < 4.78 is 38.9. The van der Waals surface area contributed by atoms with Gasteiger partial charge in [0.1, 0.15) is 10.6 Å². The van der Waals surface area contributed by atoms with E-state index in [2.05, 4.69) is 28.8 Å². The molecule has 2 aliphatic rings. The minimum Gasteiger partial charge on any atom is -0.482 e. The number of nitrogens with zero attached hydrogens (tertiary/aromatic N) is 1. The van der Waals surface area contributed by atoms with Crippen molar-refractivity contribution in [1.29, 1.82) is 0 Å². The Balaban J connectivity index is 1.67. The van der Waals surface area contributed by atoms with Gasteiger partial charge in [-0.25, -0.2) is 13.1 Å².